The number of hydrogen-bond donors (Lipinski definition) is 1. The van der Waals surface area contributed by atoms with Gasteiger partial charge in [0.1, 0.15) is 6.04 Å². The molecular weight excluding hydrogens is 422 g/mol. The van der Waals surface area contributed by atoms with Gasteiger partial charge in [-0.2, -0.15) is 10.2 Å². The topological polar surface area (TPSA) is 92.4 Å². The van der Waals surface area contributed by atoms with Crippen LogP contribution in [-0.2, 0) is 16.1 Å². The average molecular weight is 442 g/mol. The summed E-state index contributed by atoms with van der Waals surface area (Å²) in [6.45, 7) is 3.14. The molecule has 30 heavy (non-hydrogen) atoms. The molecule has 0 saturated carbocycles. The first-order chi connectivity index (χ1) is 14.4. The third-order valence-corrected chi connectivity index (χ3v) is 6.32. The Balaban J connectivity index is 1.43. The van der Waals surface area contributed by atoms with Crippen LogP contribution in [0.15, 0.2) is 42.6 Å². The number of nitrogens with zero attached hydrogens (tertiary/aromatic N) is 4. The predicted molar refractivity (Wildman–Crippen MR) is 119 cm³/mol. The standard InChI is InChI=1S/C21H20ClN5O2S/c1-13-21(29)26(12-14-2-5-16-17(23)11-24-25-18(16)10-14)8-9-27(13)20(28)7-4-15-3-6-19(22)30-15/h2-7,10-11,13H,8-9,12H2,1H3,(H2,23,25)/t13-/m0/s1. The van der Waals surface area contributed by atoms with Gasteiger partial charge in [-0.1, -0.05) is 23.7 Å². The first kappa shape index (κ1) is 20.3. The van der Waals surface area contributed by atoms with Crippen molar-refractivity contribution < 1.29 is 9.59 Å². The van der Waals surface area contributed by atoms with Crippen LogP contribution in [0.25, 0.3) is 17.0 Å². The van der Waals surface area contributed by atoms with Crippen LogP contribution in [0, 0.1) is 0 Å². The van der Waals surface area contributed by atoms with Crippen molar-refractivity contribution in [3.05, 3.63) is 57.4 Å². The van der Waals surface area contributed by atoms with E-state index >= 15 is 0 Å². The van der Waals surface area contributed by atoms with E-state index in [1.54, 1.807) is 28.9 Å². The Labute approximate surface area is 182 Å². The molecule has 1 saturated heterocycles. The van der Waals surface area contributed by atoms with Gasteiger partial charge in [0.05, 0.1) is 21.7 Å². The molecular formula is C21H20ClN5O2S. The summed E-state index contributed by atoms with van der Waals surface area (Å²) in [7, 11) is 0. The third-order valence-electron chi connectivity index (χ3n) is 5.12. The van der Waals surface area contributed by atoms with Crippen LogP contribution < -0.4 is 5.73 Å². The van der Waals surface area contributed by atoms with Gasteiger partial charge in [0.2, 0.25) is 11.8 Å². The van der Waals surface area contributed by atoms with E-state index in [-0.39, 0.29) is 11.8 Å². The fraction of sp³-hybridized carbons (Fsp3) is 0.238. The van der Waals surface area contributed by atoms with Gasteiger partial charge in [-0.25, -0.2) is 0 Å². The van der Waals surface area contributed by atoms with Crippen LogP contribution in [-0.4, -0.2) is 50.9 Å². The molecule has 3 aromatic rings. The van der Waals surface area contributed by atoms with Crippen molar-refractivity contribution >= 4 is 57.4 Å². The normalized spacial score (nSPS) is 17.3. The molecule has 3 heterocycles. The quantitative estimate of drug-likeness (QED) is 0.627. The van der Waals surface area contributed by atoms with E-state index in [0.29, 0.717) is 35.2 Å². The molecule has 2 amide bonds. The van der Waals surface area contributed by atoms with Gasteiger partial charge in [-0.15, -0.1) is 11.3 Å². The largest absolute Gasteiger partial charge is 0.397 e. The van der Waals surface area contributed by atoms with E-state index in [9.17, 15) is 9.59 Å². The number of rotatable bonds is 4. The highest BCUT2D eigenvalue weighted by Crippen LogP contribution is 2.23. The number of nitrogens with two attached hydrogens (primary N) is 1. The number of halogens is 1. The summed E-state index contributed by atoms with van der Waals surface area (Å²) >= 11 is 7.31. The molecule has 0 spiro atoms. The number of carbonyl (C=O) groups is 2. The molecule has 2 aromatic heterocycles. The molecule has 0 radical (unpaired) electrons. The van der Waals surface area contributed by atoms with Crippen LogP contribution in [0.3, 0.4) is 0 Å². The van der Waals surface area contributed by atoms with Crippen LogP contribution in [0.1, 0.15) is 17.4 Å². The van der Waals surface area contributed by atoms with Crippen LogP contribution >= 0.6 is 22.9 Å². The van der Waals surface area contributed by atoms with Gasteiger partial charge < -0.3 is 15.5 Å². The smallest absolute Gasteiger partial charge is 0.247 e. The maximum atomic E-state index is 12.9. The number of benzene rings is 1. The van der Waals surface area contributed by atoms with Crippen LogP contribution in [0.5, 0.6) is 0 Å². The number of amides is 2. The van der Waals surface area contributed by atoms with E-state index in [4.69, 9.17) is 17.3 Å². The zero-order chi connectivity index (χ0) is 21.3. The number of hydrogen-bond acceptors (Lipinski definition) is 6. The Morgan fingerprint density at radius 3 is 2.93 bits per heavy atom. The lowest BCUT2D eigenvalue weighted by Crippen LogP contribution is -2.56. The van der Waals surface area contributed by atoms with E-state index in [1.165, 1.54) is 23.6 Å². The molecule has 1 aromatic carbocycles. The Bertz CT molecular complexity index is 1150. The molecule has 1 aliphatic heterocycles. The summed E-state index contributed by atoms with van der Waals surface area (Å²) in [5.41, 5.74) is 8.13. The zero-order valence-corrected chi connectivity index (χ0v) is 17.9. The van der Waals surface area contributed by atoms with Gasteiger partial charge in [0, 0.05) is 36.0 Å². The third kappa shape index (κ3) is 4.15. The zero-order valence-electron chi connectivity index (χ0n) is 16.3. The van der Waals surface area contributed by atoms with Crippen molar-refractivity contribution in [2.45, 2.75) is 19.5 Å². The van der Waals surface area contributed by atoms with Crippen molar-refractivity contribution in [3.63, 3.8) is 0 Å². The monoisotopic (exact) mass is 441 g/mol. The molecule has 4 rings (SSSR count). The Morgan fingerprint density at radius 2 is 2.17 bits per heavy atom. The van der Waals surface area contributed by atoms with Crippen molar-refractivity contribution in [1.82, 2.24) is 20.0 Å². The summed E-state index contributed by atoms with van der Waals surface area (Å²) in [5, 5.41) is 8.83. The first-order valence-electron chi connectivity index (χ1n) is 9.45. The van der Waals surface area contributed by atoms with Crippen molar-refractivity contribution in [1.29, 1.82) is 0 Å². The van der Waals surface area contributed by atoms with Crippen molar-refractivity contribution in [2.75, 3.05) is 18.8 Å². The van der Waals surface area contributed by atoms with E-state index < -0.39 is 6.04 Å². The number of carbonyl (C=O) groups excluding carboxylic acids is 2. The lowest BCUT2D eigenvalue weighted by atomic mass is 10.1. The lowest BCUT2D eigenvalue weighted by Gasteiger charge is -2.38. The van der Waals surface area contributed by atoms with Gasteiger partial charge >= 0.3 is 0 Å². The SMILES string of the molecule is C[C@H]1C(=O)N(Cc2ccc3c(N)cnnc3c2)CCN1C(=O)C=Cc1ccc(Cl)s1. The van der Waals surface area contributed by atoms with Crippen LogP contribution in [0.4, 0.5) is 5.69 Å². The number of fused-ring (bicyclic) bond motifs is 1. The molecule has 2 N–H and O–H groups in total. The molecule has 0 unspecified atom stereocenters. The molecule has 0 aliphatic carbocycles. The highest BCUT2D eigenvalue weighted by atomic mass is 35.5. The number of thiophene rings is 1. The van der Waals surface area contributed by atoms with Gasteiger partial charge in [0.25, 0.3) is 0 Å². The summed E-state index contributed by atoms with van der Waals surface area (Å²) in [6.07, 6.45) is 4.74. The Hall–Kier alpha value is -2.97. The fourth-order valence-corrected chi connectivity index (χ4v) is 4.46. The molecule has 154 valence electrons. The minimum Gasteiger partial charge on any atom is -0.397 e. The average Bonchev–Trinajstić information content (AvgIpc) is 3.15. The highest BCUT2D eigenvalue weighted by molar-refractivity contribution is 7.17. The Kier molecular flexibility index (Phi) is 5.69. The van der Waals surface area contributed by atoms with E-state index in [1.807, 2.05) is 24.3 Å². The van der Waals surface area contributed by atoms with E-state index in [2.05, 4.69) is 10.2 Å². The maximum absolute atomic E-state index is 12.9. The maximum Gasteiger partial charge on any atom is 0.247 e. The summed E-state index contributed by atoms with van der Waals surface area (Å²) < 4.78 is 0.668. The predicted octanol–water partition coefficient (Wildman–Crippen LogP) is 3.20. The minimum atomic E-state index is -0.529. The number of anilines is 1. The summed E-state index contributed by atoms with van der Waals surface area (Å²) in [6, 6.07) is 8.83. The van der Waals surface area contributed by atoms with Gasteiger partial charge in [0.15, 0.2) is 0 Å². The molecule has 0 bridgehead atoms. The van der Waals surface area contributed by atoms with Crippen LogP contribution in [0.2, 0.25) is 4.34 Å². The molecule has 1 fully saturated rings. The fourth-order valence-electron chi connectivity index (χ4n) is 3.50. The van der Waals surface area contributed by atoms with Crippen molar-refractivity contribution in [3.8, 4) is 0 Å². The molecule has 9 heteroatoms. The highest BCUT2D eigenvalue weighted by Gasteiger charge is 2.33. The molecule has 1 aliphatic rings. The summed E-state index contributed by atoms with van der Waals surface area (Å²) in [4.78, 5) is 29.7. The van der Waals surface area contributed by atoms with Gasteiger partial charge in [-0.3, -0.25) is 9.59 Å². The lowest BCUT2D eigenvalue weighted by molar-refractivity contribution is -0.148. The van der Waals surface area contributed by atoms with Crippen molar-refractivity contribution in [2.24, 2.45) is 0 Å². The number of aromatic nitrogens is 2. The second-order valence-electron chi connectivity index (χ2n) is 7.09. The van der Waals surface area contributed by atoms with Gasteiger partial charge in [-0.05, 0) is 36.8 Å². The number of nitrogen functional groups attached to an aromatic ring is 1. The second-order valence-corrected chi connectivity index (χ2v) is 8.84. The number of piperazine rings is 1. The Morgan fingerprint density at radius 1 is 1.33 bits per heavy atom. The second kappa shape index (κ2) is 8.41. The minimum absolute atomic E-state index is 0.0825. The molecule has 1 atom stereocenters. The summed E-state index contributed by atoms with van der Waals surface area (Å²) in [5.74, 6) is -0.266. The first-order valence-corrected chi connectivity index (χ1v) is 10.6. The molecule has 7 nitrogen and oxygen atoms in total. The van der Waals surface area contributed by atoms with E-state index in [0.717, 1.165) is 15.8 Å².